The van der Waals surface area contributed by atoms with Gasteiger partial charge in [0.25, 0.3) is 5.69 Å². The Hall–Kier alpha value is -3.05. The predicted molar refractivity (Wildman–Crippen MR) is 59.7 cm³/mol. The first-order valence-corrected chi connectivity index (χ1v) is 5.12. The Morgan fingerprint density at radius 2 is 1.81 bits per heavy atom. The van der Waals surface area contributed by atoms with Gasteiger partial charge in [-0.05, 0) is 17.1 Å². The molecule has 0 atom stereocenters. The van der Waals surface area contributed by atoms with Gasteiger partial charge in [0.05, 0.1) is 10.5 Å². The fourth-order valence-electron chi connectivity index (χ4n) is 1.49. The summed E-state index contributed by atoms with van der Waals surface area (Å²) in [5.74, 6) is -0.829. The minimum absolute atomic E-state index is 0.322. The van der Waals surface area contributed by atoms with Gasteiger partial charge in [0.2, 0.25) is 6.33 Å². The lowest BCUT2D eigenvalue weighted by atomic mass is 10.1. The fraction of sp³-hybridized carbons (Fsp3) is 0.111. The number of nitrogens with zero attached hydrogens (tertiary/aromatic N) is 5. The molecule has 0 spiro atoms. The van der Waals surface area contributed by atoms with Gasteiger partial charge in [-0.1, -0.05) is 4.98 Å². The highest BCUT2D eigenvalue weighted by Gasteiger charge is 2.34. The van der Waals surface area contributed by atoms with Crippen molar-refractivity contribution in [2.45, 2.75) is 6.18 Å². The zero-order chi connectivity index (χ0) is 15.8. The maximum Gasteiger partial charge on any atom is 0.491 e. The molecule has 110 valence electrons. The van der Waals surface area contributed by atoms with E-state index in [4.69, 9.17) is 0 Å². The van der Waals surface area contributed by atoms with Gasteiger partial charge in [-0.25, -0.2) is 0 Å². The molecule has 1 aromatic heterocycles. The molecule has 0 radical (unpaired) electrons. The molecular formula is C9H4F3N5O4. The lowest BCUT2D eigenvalue weighted by molar-refractivity contribution is -0.394. The van der Waals surface area contributed by atoms with Gasteiger partial charge in [-0.3, -0.25) is 10.1 Å². The second-order valence-corrected chi connectivity index (χ2v) is 3.70. The van der Waals surface area contributed by atoms with Crippen molar-refractivity contribution >= 4 is 11.6 Å². The highest BCUT2D eigenvalue weighted by atomic mass is 19.4. The Kier molecular flexibility index (Phi) is 3.29. The summed E-state index contributed by atoms with van der Waals surface area (Å²) in [4.78, 5) is 22.6. The SMILES string of the molecule is O=[N+]([O-])c1ncn(-c2ccc(C(F)(F)F)cc2[N+](=O)[O-])n1. The van der Waals surface area contributed by atoms with Crippen molar-refractivity contribution in [2.75, 3.05) is 0 Å². The topological polar surface area (TPSA) is 117 Å². The molecular weight excluding hydrogens is 299 g/mol. The van der Waals surface area contributed by atoms with Crippen LogP contribution in [0.4, 0.5) is 24.8 Å². The van der Waals surface area contributed by atoms with Crippen molar-refractivity contribution in [3.05, 3.63) is 50.3 Å². The van der Waals surface area contributed by atoms with Gasteiger partial charge in [0.1, 0.15) is 0 Å². The lowest BCUT2D eigenvalue weighted by Gasteiger charge is -2.07. The van der Waals surface area contributed by atoms with Crippen LogP contribution in [0.3, 0.4) is 0 Å². The third-order valence-corrected chi connectivity index (χ3v) is 2.39. The minimum Gasteiger partial charge on any atom is -0.390 e. The highest BCUT2D eigenvalue weighted by molar-refractivity contribution is 5.54. The number of alkyl halides is 3. The summed E-state index contributed by atoms with van der Waals surface area (Å²) in [7, 11) is 0. The van der Waals surface area contributed by atoms with Gasteiger partial charge < -0.3 is 10.1 Å². The Morgan fingerprint density at radius 3 is 2.29 bits per heavy atom. The van der Waals surface area contributed by atoms with Crippen molar-refractivity contribution in [3.63, 3.8) is 0 Å². The molecule has 0 aliphatic heterocycles. The normalized spacial score (nSPS) is 11.4. The highest BCUT2D eigenvalue weighted by Crippen LogP contribution is 2.34. The number of hydrogen-bond acceptors (Lipinski definition) is 6. The Balaban J connectivity index is 2.57. The molecule has 0 aliphatic rings. The summed E-state index contributed by atoms with van der Waals surface area (Å²) in [6.07, 6.45) is -3.95. The van der Waals surface area contributed by atoms with E-state index in [9.17, 15) is 33.4 Å². The van der Waals surface area contributed by atoms with Crippen LogP contribution in [0.5, 0.6) is 0 Å². The number of hydrogen-bond donors (Lipinski definition) is 0. The van der Waals surface area contributed by atoms with Gasteiger partial charge in [0.15, 0.2) is 5.69 Å². The van der Waals surface area contributed by atoms with E-state index in [2.05, 4.69) is 10.1 Å². The van der Waals surface area contributed by atoms with E-state index in [0.29, 0.717) is 16.8 Å². The maximum absolute atomic E-state index is 12.5. The first-order chi connectivity index (χ1) is 9.70. The second kappa shape index (κ2) is 4.81. The van der Waals surface area contributed by atoms with Crippen LogP contribution in [-0.4, -0.2) is 24.6 Å². The van der Waals surface area contributed by atoms with E-state index in [1.165, 1.54) is 0 Å². The van der Waals surface area contributed by atoms with Crippen molar-refractivity contribution in [1.29, 1.82) is 0 Å². The first-order valence-electron chi connectivity index (χ1n) is 5.12. The number of aromatic nitrogens is 3. The molecule has 0 fully saturated rings. The molecule has 0 N–H and O–H groups in total. The van der Waals surface area contributed by atoms with E-state index in [0.717, 1.165) is 12.4 Å². The van der Waals surface area contributed by atoms with E-state index in [1.807, 2.05) is 0 Å². The molecule has 0 saturated carbocycles. The molecule has 0 unspecified atom stereocenters. The van der Waals surface area contributed by atoms with E-state index < -0.39 is 33.2 Å². The van der Waals surface area contributed by atoms with Crippen LogP contribution in [0.1, 0.15) is 5.56 Å². The molecule has 0 bridgehead atoms. The van der Waals surface area contributed by atoms with Crippen LogP contribution >= 0.6 is 0 Å². The predicted octanol–water partition coefficient (Wildman–Crippen LogP) is 2.10. The van der Waals surface area contributed by atoms with E-state index >= 15 is 0 Å². The lowest BCUT2D eigenvalue weighted by Crippen LogP contribution is -2.08. The summed E-state index contributed by atoms with van der Waals surface area (Å²) in [5, 5.41) is 24.6. The number of rotatable bonds is 3. The molecule has 0 aliphatic carbocycles. The van der Waals surface area contributed by atoms with Crippen molar-refractivity contribution in [3.8, 4) is 5.69 Å². The Labute approximate surface area is 112 Å². The molecule has 1 heterocycles. The van der Waals surface area contributed by atoms with Crippen molar-refractivity contribution in [1.82, 2.24) is 14.8 Å². The van der Waals surface area contributed by atoms with Gasteiger partial charge in [-0.2, -0.15) is 13.2 Å². The largest absolute Gasteiger partial charge is 0.491 e. The standard InChI is InChI=1S/C9H4F3N5O4/c10-9(11,12)5-1-2-6(7(3-5)16(18)19)15-4-13-8(14-15)17(20)21/h1-4H. The molecule has 12 heteroatoms. The average Bonchev–Trinajstić information content (AvgIpc) is 2.86. The van der Waals surface area contributed by atoms with Crippen LogP contribution in [0.15, 0.2) is 24.5 Å². The third-order valence-electron chi connectivity index (χ3n) is 2.39. The third kappa shape index (κ3) is 2.77. The number of benzene rings is 1. The van der Waals surface area contributed by atoms with Crippen LogP contribution in [0.25, 0.3) is 5.69 Å². The van der Waals surface area contributed by atoms with Crippen LogP contribution in [0.2, 0.25) is 0 Å². The maximum atomic E-state index is 12.5. The summed E-state index contributed by atoms with van der Waals surface area (Å²) in [6.45, 7) is 0. The molecule has 2 rings (SSSR count). The van der Waals surface area contributed by atoms with Crippen LogP contribution in [0, 0.1) is 20.2 Å². The average molecular weight is 303 g/mol. The Bertz CT molecular complexity index is 726. The summed E-state index contributed by atoms with van der Waals surface area (Å²) < 4.78 is 38.2. The fourth-order valence-corrected chi connectivity index (χ4v) is 1.49. The Morgan fingerprint density at radius 1 is 1.14 bits per heavy atom. The first kappa shape index (κ1) is 14.4. The quantitative estimate of drug-likeness (QED) is 0.633. The molecule has 9 nitrogen and oxygen atoms in total. The van der Waals surface area contributed by atoms with Gasteiger partial charge >= 0.3 is 12.1 Å². The van der Waals surface area contributed by atoms with Crippen LogP contribution in [-0.2, 0) is 6.18 Å². The van der Waals surface area contributed by atoms with E-state index in [1.54, 1.807) is 0 Å². The monoisotopic (exact) mass is 303 g/mol. The number of halogens is 3. The van der Waals surface area contributed by atoms with Crippen molar-refractivity contribution < 1.29 is 23.0 Å². The molecule has 2 aromatic rings. The molecule has 0 amide bonds. The number of nitro groups is 2. The van der Waals surface area contributed by atoms with Gasteiger partial charge in [0, 0.05) is 11.2 Å². The summed E-state index contributed by atoms with van der Waals surface area (Å²) in [6, 6.07) is 1.72. The second-order valence-electron chi connectivity index (χ2n) is 3.70. The van der Waals surface area contributed by atoms with E-state index in [-0.39, 0.29) is 5.69 Å². The zero-order valence-electron chi connectivity index (χ0n) is 9.81. The molecule has 21 heavy (non-hydrogen) atoms. The molecule has 0 saturated heterocycles. The van der Waals surface area contributed by atoms with Gasteiger partial charge in [-0.15, -0.1) is 4.68 Å². The van der Waals surface area contributed by atoms with Crippen LogP contribution < -0.4 is 0 Å². The summed E-state index contributed by atoms with van der Waals surface area (Å²) >= 11 is 0. The summed E-state index contributed by atoms with van der Waals surface area (Å²) in [5.41, 5.74) is -2.48. The smallest absolute Gasteiger partial charge is 0.390 e. The zero-order valence-corrected chi connectivity index (χ0v) is 9.81. The molecule has 1 aromatic carbocycles. The van der Waals surface area contributed by atoms with Crippen molar-refractivity contribution in [2.24, 2.45) is 0 Å². The minimum atomic E-state index is -4.75. The number of nitro benzene ring substituents is 1.